The molecular formula is C22H20FN5O3. The van der Waals surface area contributed by atoms with Gasteiger partial charge in [-0.1, -0.05) is 0 Å². The minimum atomic E-state index is -0.676. The maximum atomic E-state index is 14.3. The van der Waals surface area contributed by atoms with E-state index in [0.717, 1.165) is 5.69 Å². The van der Waals surface area contributed by atoms with Crippen LogP contribution in [0.1, 0.15) is 10.4 Å². The maximum Gasteiger partial charge on any atom is 0.341 e. The molecule has 8 nitrogen and oxygen atoms in total. The van der Waals surface area contributed by atoms with E-state index in [1.54, 1.807) is 6.07 Å². The molecule has 0 aliphatic heterocycles. The Labute approximate surface area is 178 Å². The molecule has 0 atom stereocenters. The van der Waals surface area contributed by atoms with Crippen molar-refractivity contribution in [2.45, 2.75) is 0 Å². The van der Waals surface area contributed by atoms with Gasteiger partial charge in [0.25, 0.3) is 0 Å². The van der Waals surface area contributed by atoms with Crippen molar-refractivity contribution in [3.05, 3.63) is 72.0 Å². The lowest BCUT2D eigenvalue weighted by Gasteiger charge is -2.11. The molecule has 0 aliphatic rings. The van der Waals surface area contributed by atoms with Crippen LogP contribution in [0.2, 0.25) is 0 Å². The van der Waals surface area contributed by atoms with E-state index in [-0.39, 0.29) is 22.7 Å². The van der Waals surface area contributed by atoms with Gasteiger partial charge in [-0.15, -0.1) is 5.11 Å². The zero-order valence-electron chi connectivity index (χ0n) is 17.2. The molecule has 0 bridgehead atoms. The predicted molar refractivity (Wildman–Crippen MR) is 115 cm³/mol. The van der Waals surface area contributed by atoms with Crippen LogP contribution in [0.15, 0.2) is 81.1 Å². The number of nitrogens with zero attached hydrogens (tertiary/aromatic N) is 5. The molecule has 0 saturated heterocycles. The lowest BCUT2D eigenvalue weighted by molar-refractivity contribution is 0.0597. The van der Waals surface area contributed by atoms with Gasteiger partial charge in [0, 0.05) is 31.9 Å². The number of phenolic OH excluding ortho intramolecular Hbond substituents is 1. The Kier molecular flexibility index (Phi) is 6.66. The number of carbonyl (C=O) groups excluding carboxylic acids is 1. The molecule has 31 heavy (non-hydrogen) atoms. The molecule has 158 valence electrons. The summed E-state index contributed by atoms with van der Waals surface area (Å²) in [6, 6.07) is 15.7. The molecule has 1 N–H and O–H groups in total. The van der Waals surface area contributed by atoms with Gasteiger partial charge in [0.1, 0.15) is 17.0 Å². The minimum Gasteiger partial charge on any atom is -0.507 e. The Balaban J connectivity index is 1.72. The standard InChI is InChI=1S/C22H20FN5O3/c1-28(2)17-8-4-14(5-9-17)24-25-15-7-11-20(19(23)12-15)27-26-16-6-10-18(21(29)13-16)22(30)31-3/h4-13,29H,1-3H3. The van der Waals surface area contributed by atoms with Crippen LogP contribution in [-0.4, -0.2) is 32.3 Å². The van der Waals surface area contributed by atoms with Gasteiger partial charge < -0.3 is 14.7 Å². The van der Waals surface area contributed by atoms with Crippen LogP contribution >= 0.6 is 0 Å². The summed E-state index contributed by atoms with van der Waals surface area (Å²) in [5.74, 6) is -1.61. The number of halogens is 1. The number of methoxy groups -OCH3 is 1. The fourth-order valence-electron chi connectivity index (χ4n) is 2.55. The number of azo groups is 2. The number of carbonyl (C=O) groups is 1. The van der Waals surface area contributed by atoms with Crippen molar-refractivity contribution in [3.63, 3.8) is 0 Å². The van der Waals surface area contributed by atoms with Gasteiger partial charge in [0.2, 0.25) is 0 Å². The van der Waals surface area contributed by atoms with Gasteiger partial charge in [0.15, 0.2) is 5.82 Å². The van der Waals surface area contributed by atoms with Crippen molar-refractivity contribution in [1.82, 2.24) is 0 Å². The number of anilines is 1. The highest BCUT2D eigenvalue weighted by Crippen LogP contribution is 2.29. The molecule has 0 fully saturated rings. The summed E-state index contributed by atoms with van der Waals surface area (Å²) in [6.07, 6.45) is 0. The van der Waals surface area contributed by atoms with E-state index in [0.29, 0.717) is 11.4 Å². The highest BCUT2D eigenvalue weighted by atomic mass is 19.1. The number of phenols is 1. The van der Waals surface area contributed by atoms with Crippen molar-refractivity contribution in [2.24, 2.45) is 20.5 Å². The van der Waals surface area contributed by atoms with Gasteiger partial charge >= 0.3 is 5.97 Å². The molecule has 3 rings (SSSR count). The Hall–Kier alpha value is -4.14. The number of ether oxygens (including phenoxy) is 1. The molecule has 0 amide bonds. The molecule has 0 aliphatic carbocycles. The summed E-state index contributed by atoms with van der Waals surface area (Å²) in [7, 11) is 5.10. The number of hydrogen-bond acceptors (Lipinski definition) is 8. The molecule has 0 heterocycles. The van der Waals surface area contributed by atoms with Crippen LogP contribution in [0.25, 0.3) is 0 Å². The summed E-state index contributed by atoms with van der Waals surface area (Å²) in [4.78, 5) is 13.5. The third-order valence-corrected chi connectivity index (χ3v) is 4.24. The van der Waals surface area contributed by atoms with E-state index >= 15 is 0 Å². The predicted octanol–water partition coefficient (Wildman–Crippen LogP) is 6.21. The number of rotatable bonds is 6. The molecular weight excluding hydrogens is 401 g/mol. The van der Waals surface area contributed by atoms with Gasteiger partial charge in [-0.2, -0.15) is 15.3 Å². The van der Waals surface area contributed by atoms with Crippen LogP contribution in [-0.2, 0) is 4.74 Å². The summed E-state index contributed by atoms with van der Waals surface area (Å²) in [6.45, 7) is 0. The topological polar surface area (TPSA) is 99.2 Å². The van der Waals surface area contributed by atoms with Crippen molar-refractivity contribution in [1.29, 1.82) is 0 Å². The van der Waals surface area contributed by atoms with Gasteiger partial charge in [-0.25, -0.2) is 9.18 Å². The monoisotopic (exact) mass is 421 g/mol. The highest BCUT2D eigenvalue weighted by Gasteiger charge is 2.11. The Morgan fingerprint density at radius 2 is 1.45 bits per heavy atom. The van der Waals surface area contributed by atoms with E-state index in [9.17, 15) is 14.3 Å². The maximum absolute atomic E-state index is 14.3. The van der Waals surface area contributed by atoms with E-state index in [1.165, 1.54) is 37.4 Å². The first-order valence-corrected chi connectivity index (χ1v) is 9.19. The highest BCUT2D eigenvalue weighted by molar-refractivity contribution is 5.92. The SMILES string of the molecule is COC(=O)c1ccc(N=Nc2ccc(N=Nc3ccc(N(C)C)cc3)cc2F)cc1O. The molecule has 3 aromatic rings. The molecule has 0 saturated carbocycles. The molecule has 3 aromatic carbocycles. The Morgan fingerprint density at radius 1 is 0.871 bits per heavy atom. The normalized spacial score (nSPS) is 11.2. The number of aromatic hydroxyl groups is 1. The minimum absolute atomic E-state index is 0.00120. The second-order valence-electron chi connectivity index (χ2n) is 6.64. The first-order chi connectivity index (χ1) is 14.9. The van der Waals surface area contributed by atoms with Crippen LogP contribution < -0.4 is 4.90 Å². The second kappa shape index (κ2) is 9.57. The first-order valence-electron chi connectivity index (χ1n) is 9.19. The smallest absolute Gasteiger partial charge is 0.341 e. The van der Waals surface area contributed by atoms with Crippen molar-refractivity contribution >= 4 is 34.4 Å². The number of esters is 1. The Morgan fingerprint density at radius 3 is 2.06 bits per heavy atom. The van der Waals surface area contributed by atoms with Crippen LogP contribution in [0.3, 0.4) is 0 Å². The summed E-state index contributed by atoms with van der Waals surface area (Å²) in [5.41, 5.74) is 2.24. The summed E-state index contributed by atoms with van der Waals surface area (Å²) in [5, 5.41) is 25.7. The zero-order chi connectivity index (χ0) is 22.4. The summed E-state index contributed by atoms with van der Waals surface area (Å²) >= 11 is 0. The fourth-order valence-corrected chi connectivity index (χ4v) is 2.55. The van der Waals surface area contributed by atoms with Gasteiger partial charge in [-0.3, -0.25) is 0 Å². The second-order valence-corrected chi connectivity index (χ2v) is 6.64. The molecule has 0 radical (unpaired) electrons. The lowest BCUT2D eigenvalue weighted by atomic mass is 10.2. The zero-order valence-corrected chi connectivity index (χ0v) is 17.2. The van der Waals surface area contributed by atoms with Crippen molar-refractivity contribution < 1.29 is 19.0 Å². The summed E-state index contributed by atoms with van der Waals surface area (Å²) < 4.78 is 18.9. The van der Waals surface area contributed by atoms with Crippen LogP contribution in [0, 0.1) is 5.82 Å². The molecule has 0 spiro atoms. The number of benzene rings is 3. The van der Waals surface area contributed by atoms with Gasteiger partial charge in [-0.05, 0) is 48.5 Å². The number of hydrogen-bond donors (Lipinski definition) is 1. The third kappa shape index (κ3) is 5.47. The van der Waals surface area contributed by atoms with E-state index in [4.69, 9.17) is 0 Å². The lowest BCUT2D eigenvalue weighted by Crippen LogP contribution is -2.07. The average molecular weight is 421 g/mol. The van der Waals surface area contributed by atoms with Gasteiger partial charge in [0.05, 0.1) is 24.2 Å². The Bertz CT molecular complexity index is 1140. The van der Waals surface area contributed by atoms with Crippen molar-refractivity contribution in [2.75, 3.05) is 26.1 Å². The largest absolute Gasteiger partial charge is 0.507 e. The third-order valence-electron chi connectivity index (χ3n) is 4.24. The first kappa shape index (κ1) is 21.6. The van der Waals surface area contributed by atoms with Crippen LogP contribution in [0.5, 0.6) is 5.75 Å². The van der Waals surface area contributed by atoms with Crippen LogP contribution in [0.4, 0.5) is 32.8 Å². The van der Waals surface area contributed by atoms with E-state index in [1.807, 2.05) is 43.3 Å². The molecule has 9 heteroatoms. The van der Waals surface area contributed by atoms with E-state index < -0.39 is 11.8 Å². The quantitative estimate of drug-likeness (QED) is 0.377. The fraction of sp³-hybridized carbons (Fsp3) is 0.136. The molecule has 0 unspecified atom stereocenters. The van der Waals surface area contributed by atoms with Crippen molar-refractivity contribution in [3.8, 4) is 5.75 Å². The molecule has 0 aromatic heterocycles. The van der Waals surface area contributed by atoms with E-state index in [2.05, 4.69) is 25.2 Å². The average Bonchev–Trinajstić information content (AvgIpc) is 2.77.